The number of imidazole rings is 1. The first-order valence-electron chi connectivity index (χ1n) is 10.2. The van der Waals surface area contributed by atoms with Crippen molar-refractivity contribution < 1.29 is 9.59 Å². The molecule has 29 heavy (non-hydrogen) atoms. The van der Waals surface area contributed by atoms with Crippen LogP contribution in [0, 0.1) is 0 Å². The summed E-state index contributed by atoms with van der Waals surface area (Å²) >= 11 is 1.56. The molecule has 0 spiro atoms. The van der Waals surface area contributed by atoms with Gasteiger partial charge in [0.15, 0.2) is 10.7 Å². The molecule has 0 atom stereocenters. The number of thiazole rings is 1. The number of carbonyl (C=O) groups is 2. The third-order valence-electron chi connectivity index (χ3n) is 5.86. The predicted octanol–water partition coefficient (Wildman–Crippen LogP) is 1.98. The van der Waals surface area contributed by atoms with Gasteiger partial charge in [-0.25, -0.2) is 4.98 Å². The van der Waals surface area contributed by atoms with Gasteiger partial charge < -0.3 is 9.80 Å². The molecule has 0 aliphatic carbocycles. The van der Waals surface area contributed by atoms with Crippen LogP contribution in [0.3, 0.4) is 0 Å². The molecule has 9 heteroatoms. The van der Waals surface area contributed by atoms with Gasteiger partial charge in [-0.05, 0) is 19.8 Å². The first-order chi connectivity index (χ1) is 14.1. The highest BCUT2D eigenvalue weighted by atomic mass is 32.1. The smallest absolute Gasteiger partial charge is 0.274 e. The second-order valence-electron chi connectivity index (χ2n) is 7.66. The first-order valence-corrected chi connectivity index (χ1v) is 11.1. The quantitative estimate of drug-likeness (QED) is 0.657. The Balaban J connectivity index is 1.37. The number of amides is 2. The SMILES string of the molecule is CCn1nc(C(=O)N2CCCC2)c2c1CCN(C(=O)Cc1cn3ccsc3n1)C2. The van der Waals surface area contributed by atoms with Crippen LogP contribution in [0.5, 0.6) is 0 Å². The van der Waals surface area contributed by atoms with Crippen LogP contribution in [-0.2, 0) is 30.7 Å². The number of hydrogen-bond donors (Lipinski definition) is 0. The Morgan fingerprint density at radius 2 is 2.00 bits per heavy atom. The number of nitrogens with zero attached hydrogens (tertiary/aromatic N) is 6. The number of fused-ring (bicyclic) bond motifs is 2. The highest BCUT2D eigenvalue weighted by Crippen LogP contribution is 2.25. The molecule has 3 aromatic rings. The zero-order chi connectivity index (χ0) is 20.0. The minimum absolute atomic E-state index is 0.00888. The van der Waals surface area contributed by atoms with Crippen molar-refractivity contribution in [2.45, 2.75) is 45.7 Å². The van der Waals surface area contributed by atoms with Crippen LogP contribution in [0.2, 0.25) is 0 Å². The van der Waals surface area contributed by atoms with Gasteiger partial charge in [0.1, 0.15) is 0 Å². The molecule has 1 fully saturated rings. The summed E-state index contributed by atoms with van der Waals surface area (Å²) < 4.78 is 3.88. The van der Waals surface area contributed by atoms with Crippen LogP contribution < -0.4 is 0 Å². The lowest BCUT2D eigenvalue weighted by Crippen LogP contribution is -2.38. The van der Waals surface area contributed by atoms with Crippen molar-refractivity contribution in [1.29, 1.82) is 0 Å². The van der Waals surface area contributed by atoms with Crippen LogP contribution in [-0.4, -0.2) is 60.4 Å². The van der Waals surface area contributed by atoms with Gasteiger partial charge in [0.05, 0.1) is 12.1 Å². The van der Waals surface area contributed by atoms with Gasteiger partial charge in [0.25, 0.3) is 5.91 Å². The fraction of sp³-hybridized carbons (Fsp3) is 0.500. The molecule has 0 N–H and O–H groups in total. The standard InChI is InChI=1S/C20H24N6O2S/c1-2-26-16-5-8-24(17(27)11-14-12-25-9-10-29-20(25)21-14)13-15(16)18(22-26)19(28)23-6-3-4-7-23/h9-10,12H,2-8,11,13H2,1H3. The zero-order valence-electron chi connectivity index (χ0n) is 16.5. The summed E-state index contributed by atoms with van der Waals surface area (Å²) in [5, 5.41) is 6.60. The third-order valence-corrected chi connectivity index (χ3v) is 6.63. The maximum Gasteiger partial charge on any atom is 0.274 e. The van der Waals surface area contributed by atoms with Crippen LogP contribution >= 0.6 is 11.3 Å². The van der Waals surface area contributed by atoms with Gasteiger partial charge in [-0.1, -0.05) is 0 Å². The lowest BCUT2D eigenvalue weighted by atomic mass is 10.0. The molecule has 2 aliphatic rings. The van der Waals surface area contributed by atoms with Crippen LogP contribution in [0.15, 0.2) is 17.8 Å². The maximum atomic E-state index is 13.0. The number of aryl methyl sites for hydroxylation is 1. The molecule has 1 saturated heterocycles. The normalized spacial score (nSPS) is 16.6. The van der Waals surface area contributed by atoms with Crippen LogP contribution in [0.1, 0.15) is 47.2 Å². The minimum atomic E-state index is 0.00888. The number of likely N-dealkylation sites (tertiary alicyclic amines) is 1. The molecule has 5 rings (SSSR count). The largest absolute Gasteiger partial charge is 0.337 e. The van der Waals surface area contributed by atoms with E-state index in [4.69, 9.17) is 0 Å². The Morgan fingerprint density at radius 3 is 2.76 bits per heavy atom. The van der Waals surface area contributed by atoms with Gasteiger partial charge in [0, 0.05) is 68.2 Å². The van der Waals surface area contributed by atoms with E-state index in [0.29, 0.717) is 18.8 Å². The average Bonchev–Trinajstić information content (AvgIpc) is 3.49. The van der Waals surface area contributed by atoms with Gasteiger partial charge >= 0.3 is 0 Å². The first kappa shape index (κ1) is 18.4. The van der Waals surface area contributed by atoms with Crippen molar-refractivity contribution in [3.63, 3.8) is 0 Å². The predicted molar refractivity (Wildman–Crippen MR) is 109 cm³/mol. The Morgan fingerprint density at radius 1 is 1.17 bits per heavy atom. The van der Waals surface area contributed by atoms with Crippen molar-refractivity contribution >= 4 is 28.1 Å². The van der Waals surface area contributed by atoms with E-state index in [1.807, 2.05) is 43.6 Å². The summed E-state index contributed by atoms with van der Waals surface area (Å²) in [5.74, 6) is 0.0554. The Kier molecular flexibility index (Phi) is 4.61. The molecule has 0 saturated carbocycles. The summed E-state index contributed by atoms with van der Waals surface area (Å²) in [6, 6.07) is 0. The Labute approximate surface area is 172 Å². The summed E-state index contributed by atoms with van der Waals surface area (Å²) in [6.45, 7) is 5.47. The van der Waals surface area contributed by atoms with E-state index in [1.54, 1.807) is 11.3 Å². The highest BCUT2D eigenvalue weighted by Gasteiger charge is 2.32. The maximum absolute atomic E-state index is 13.0. The van der Waals surface area contributed by atoms with E-state index >= 15 is 0 Å². The van der Waals surface area contributed by atoms with E-state index < -0.39 is 0 Å². The zero-order valence-corrected chi connectivity index (χ0v) is 17.3. The second-order valence-corrected chi connectivity index (χ2v) is 8.53. The van der Waals surface area contributed by atoms with E-state index in [2.05, 4.69) is 10.1 Å². The van der Waals surface area contributed by atoms with E-state index in [9.17, 15) is 9.59 Å². The molecule has 0 aromatic carbocycles. The Hall–Kier alpha value is -2.68. The molecule has 8 nitrogen and oxygen atoms in total. The Bertz CT molecular complexity index is 1050. The molecule has 0 radical (unpaired) electrons. The summed E-state index contributed by atoms with van der Waals surface area (Å²) in [4.78, 5) is 35.1. The van der Waals surface area contributed by atoms with Crippen LogP contribution in [0.4, 0.5) is 0 Å². The van der Waals surface area contributed by atoms with Gasteiger partial charge in [0.2, 0.25) is 5.91 Å². The molecule has 152 valence electrons. The van der Waals surface area contributed by atoms with Crippen molar-refractivity contribution in [2.24, 2.45) is 0 Å². The summed E-state index contributed by atoms with van der Waals surface area (Å²) in [7, 11) is 0. The molecular weight excluding hydrogens is 388 g/mol. The van der Waals surface area contributed by atoms with Crippen molar-refractivity contribution in [3.8, 4) is 0 Å². The fourth-order valence-electron chi connectivity index (χ4n) is 4.34. The molecule has 2 aliphatic heterocycles. The highest BCUT2D eigenvalue weighted by molar-refractivity contribution is 7.15. The van der Waals surface area contributed by atoms with Gasteiger partial charge in [-0.3, -0.25) is 18.7 Å². The number of rotatable bonds is 4. The van der Waals surface area contributed by atoms with E-state index in [0.717, 1.165) is 60.8 Å². The second kappa shape index (κ2) is 7.29. The number of aromatic nitrogens is 4. The molecule has 5 heterocycles. The molecular formula is C20H24N6O2S. The minimum Gasteiger partial charge on any atom is -0.337 e. The van der Waals surface area contributed by atoms with E-state index in [1.165, 1.54) is 0 Å². The number of hydrogen-bond acceptors (Lipinski definition) is 5. The summed E-state index contributed by atoms with van der Waals surface area (Å²) in [6.07, 6.45) is 6.97. The van der Waals surface area contributed by atoms with Crippen molar-refractivity contribution in [3.05, 3.63) is 40.4 Å². The van der Waals surface area contributed by atoms with Crippen LogP contribution in [0.25, 0.3) is 4.96 Å². The lowest BCUT2D eigenvalue weighted by Gasteiger charge is -2.28. The van der Waals surface area contributed by atoms with Gasteiger partial charge in [-0.15, -0.1) is 11.3 Å². The van der Waals surface area contributed by atoms with E-state index in [-0.39, 0.29) is 18.2 Å². The summed E-state index contributed by atoms with van der Waals surface area (Å²) in [5.41, 5.74) is 3.34. The molecule has 3 aromatic heterocycles. The topological polar surface area (TPSA) is 75.7 Å². The average molecular weight is 413 g/mol. The third kappa shape index (κ3) is 3.23. The fourth-order valence-corrected chi connectivity index (χ4v) is 5.05. The lowest BCUT2D eigenvalue weighted by molar-refractivity contribution is -0.131. The van der Waals surface area contributed by atoms with Crippen molar-refractivity contribution in [1.82, 2.24) is 29.0 Å². The molecule has 2 amide bonds. The van der Waals surface area contributed by atoms with Crippen molar-refractivity contribution in [2.75, 3.05) is 19.6 Å². The molecule has 0 unspecified atom stereocenters. The monoisotopic (exact) mass is 412 g/mol. The molecule has 0 bridgehead atoms. The number of carbonyl (C=O) groups excluding carboxylic acids is 2. The van der Waals surface area contributed by atoms with Gasteiger partial charge in [-0.2, -0.15) is 5.10 Å².